The number of amides is 1. The second-order valence-corrected chi connectivity index (χ2v) is 12.6. The molecule has 0 saturated heterocycles. The van der Waals surface area contributed by atoms with Gasteiger partial charge in [0.15, 0.2) is 0 Å². The average molecular weight is 578 g/mol. The van der Waals surface area contributed by atoms with Gasteiger partial charge in [0.1, 0.15) is 17.3 Å². The molecular formula is C34H59NO6. The molecule has 1 rings (SSSR count). The highest BCUT2D eigenvalue weighted by molar-refractivity contribution is 5.86. The molecule has 1 fully saturated rings. The van der Waals surface area contributed by atoms with Gasteiger partial charge in [0.2, 0.25) is 5.91 Å². The Morgan fingerprint density at radius 3 is 1.51 bits per heavy atom. The number of hydrogen-bond acceptors (Lipinski definition) is 5. The Bertz CT molecular complexity index is 771. The lowest BCUT2D eigenvalue weighted by molar-refractivity contribution is -0.144. The number of carbonyl (C=O) groups is 5. The molecule has 0 unspecified atom stereocenters. The van der Waals surface area contributed by atoms with Crippen LogP contribution in [0, 0.1) is 17.8 Å². The zero-order chi connectivity index (χ0) is 30.3. The molecule has 236 valence electrons. The van der Waals surface area contributed by atoms with Crippen molar-refractivity contribution in [2.75, 3.05) is 6.54 Å². The number of carboxylic acids is 1. The van der Waals surface area contributed by atoms with Crippen molar-refractivity contribution in [3.8, 4) is 0 Å². The molecular weight excluding hydrogens is 518 g/mol. The van der Waals surface area contributed by atoms with E-state index in [2.05, 4.69) is 5.32 Å². The Kier molecular flexibility index (Phi) is 21.2. The molecule has 0 aromatic rings. The van der Waals surface area contributed by atoms with Gasteiger partial charge in [-0.2, -0.15) is 0 Å². The summed E-state index contributed by atoms with van der Waals surface area (Å²) < 4.78 is 0. The Hall–Kier alpha value is -2.05. The van der Waals surface area contributed by atoms with E-state index in [0.717, 1.165) is 51.4 Å². The molecule has 1 amide bonds. The fraction of sp³-hybridized carbons (Fsp3) is 0.853. The summed E-state index contributed by atoms with van der Waals surface area (Å²) in [7, 11) is 0. The predicted molar refractivity (Wildman–Crippen MR) is 164 cm³/mol. The standard InChI is InChI=1S/C34H59NO6/c1-27(36)17-15-13-11-9-7-5-3-4-6-8-10-12-14-16-18-33(39)35-26-29-20-23-30(24-21-29)32(38)25-31(34(40)41)22-19-28(2)37/h29-31H,3-26H2,1-2H3,(H,35,39)(H,40,41)/t29?,30?,31-/m1/s1. The first-order valence-corrected chi connectivity index (χ1v) is 16.7. The number of Topliss-reactive ketones (excluding diaryl/α,β-unsaturated/α-hetero) is 3. The number of ketones is 3. The molecule has 41 heavy (non-hydrogen) atoms. The van der Waals surface area contributed by atoms with E-state index in [0.29, 0.717) is 24.7 Å². The smallest absolute Gasteiger partial charge is 0.306 e. The predicted octanol–water partition coefficient (Wildman–Crippen LogP) is 7.77. The van der Waals surface area contributed by atoms with E-state index < -0.39 is 11.9 Å². The molecule has 0 aromatic carbocycles. The molecule has 1 atom stereocenters. The molecule has 7 nitrogen and oxygen atoms in total. The summed E-state index contributed by atoms with van der Waals surface area (Å²) in [5, 5.41) is 12.5. The van der Waals surface area contributed by atoms with Gasteiger partial charge >= 0.3 is 5.97 Å². The van der Waals surface area contributed by atoms with Crippen LogP contribution in [0.5, 0.6) is 0 Å². The first kappa shape index (κ1) is 37.0. The van der Waals surface area contributed by atoms with Crippen LogP contribution in [0.3, 0.4) is 0 Å². The van der Waals surface area contributed by atoms with Crippen molar-refractivity contribution in [3.63, 3.8) is 0 Å². The maximum Gasteiger partial charge on any atom is 0.306 e. The third kappa shape index (κ3) is 20.5. The quantitative estimate of drug-likeness (QED) is 0.101. The highest BCUT2D eigenvalue weighted by atomic mass is 16.4. The Balaban J connectivity index is 1.96. The average Bonchev–Trinajstić information content (AvgIpc) is 2.93. The molecule has 0 radical (unpaired) electrons. The molecule has 0 heterocycles. The summed E-state index contributed by atoms with van der Waals surface area (Å²) in [6.45, 7) is 3.78. The number of unbranched alkanes of at least 4 members (excludes halogenated alkanes) is 13. The first-order chi connectivity index (χ1) is 19.7. The third-order valence-corrected chi connectivity index (χ3v) is 8.71. The van der Waals surface area contributed by atoms with Crippen molar-refractivity contribution < 1.29 is 29.1 Å². The van der Waals surface area contributed by atoms with Crippen molar-refractivity contribution in [1.82, 2.24) is 5.32 Å². The van der Waals surface area contributed by atoms with E-state index in [1.165, 1.54) is 77.6 Å². The number of carboxylic acid groups (broad SMARTS) is 1. The van der Waals surface area contributed by atoms with Crippen molar-refractivity contribution >= 4 is 29.2 Å². The van der Waals surface area contributed by atoms with Gasteiger partial charge in [-0.25, -0.2) is 0 Å². The summed E-state index contributed by atoms with van der Waals surface area (Å²) in [5.74, 6) is -1.09. The van der Waals surface area contributed by atoms with Gasteiger partial charge in [-0.3, -0.25) is 14.4 Å². The highest BCUT2D eigenvalue weighted by Crippen LogP contribution is 2.31. The van der Waals surface area contributed by atoms with Gasteiger partial charge in [0.05, 0.1) is 5.92 Å². The van der Waals surface area contributed by atoms with Crippen molar-refractivity contribution in [1.29, 1.82) is 0 Å². The van der Waals surface area contributed by atoms with Crippen LogP contribution in [0.4, 0.5) is 0 Å². The van der Waals surface area contributed by atoms with E-state index in [9.17, 15) is 29.1 Å². The number of hydrogen-bond donors (Lipinski definition) is 2. The molecule has 1 saturated carbocycles. The molecule has 0 bridgehead atoms. The van der Waals surface area contributed by atoms with Gasteiger partial charge in [-0.05, 0) is 64.7 Å². The van der Waals surface area contributed by atoms with Gasteiger partial charge in [0.25, 0.3) is 0 Å². The monoisotopic (exact) mass is 577 g/mol. The minimum absolute atomic E-state index is 0.00752. The first-order valence-electron chi connectivity index (χ1n) is 16.7. The van der Waals surface area contributed by atoms with Crippen LogP contribution >= 0.6 is 0 Å². The molecule has 1 aliphatic carbocycles. The number of carbonyl (C=O) groups excluding carboxylic acids is 4. The van der Waals surface area contributed by atoms with E-state index in [-0.39, 0.29) is 42.7 Å². The zero-order valence-electron chi connectivity index (χ0n) is 26.2. The fourth-order valence-corrected chi connectivity index (χ4v) is 5.92. The van der Waals surface area contributed by atoms with E-state index >= 15 is 0 Å². The summed E-state index contributed by atoms with van der Waals surface area (Å²) in [6, 6.07) is 0. The fourth-order valence-electron chi connectivity index (χ4n) is 5.92. The summed E-state index contributed by atoms with van der Waals surface area (Å²) in [6.07, 6.45) is 22.2. The highest BCUT2D eigenvalue weighted by Gasteiger charge is 2.30. The molecule has 0 spiro atoms. The van der Waals surface area contributed by atoms with E-state index in [1.807, 2.05) is 0 Å². The lowest BCUT2D eigenvalue weighted by Crippen LogP contribution is -2.33. The minimum Gasteiger partial charge on any atom is -0.481 e. The summed E-state index contributed by atoms with van der Waals surface area (Å²) in [5.41, 5.74) is 0. The number of rotatable bonds is 26. The van der Waals surface area contributed by atoms with Gasteiger partial charge in [0, 0.05) is 38.1 Å². The maximum atomic E-state index is 12.6. The molecule has 0 aromatic heterocycles. The topological polar surface area (TPSA) is 118 Å². The second kappa shape index (κ2) is 23.5. The third-order valence-electron chi connectivity index (χ3n) is 8.71. The van der Waals surface area contributed by atoms with Crippen LogP contribution in [-0.2, 0) is 24.0 Å². The Morgan fingerprint density at radius 2 is 1.07 bits per heavy atom. The zero-order valence-corrected chi connectivity index (χ0v) is 26.2. The lowest BCUT2D eigenvalue weighted by Gasteiger charge is -2.28. The number of nitrogens with one attached hydrogen (secondary N) is 1. The maximum absolute atomic E-state index is 12.6. The Morgan fingerprint density at radius 1 is 0.634 bits per heavy atom. The van der Waals surface area contributed by atoms with Crippen LogP contribution in [0.15, 0.2) is 0 Å². The number of aliphatic carboxylic acids is 1. The van der Waals surface area contributed by atoms with Crippen molar-refractivity contribution in [2.45, 2.75) is 162 Å². The van der Waals surface area contributed by atoms with Crippen LogP contribution in [0.2, 0.25) is 0 Å². The minimum atomic E-state index is -0.997. The largest absolute Gasteiger partial charge is 0.481 e. The van der Waals surface area contributed by atoms with Crippen LogP contribution in [0.25, 0.3) is 0 Å². The van der Waals surface area contributed by atoms with Gasteiger partial charge in [-0.15, -0.1) is 0 Å². The van der Waals surface area contributed by atoms with Crippen molar-refractivity contribution in [3.05, 3.63) is 0 Å². The van der Waals surface area contributed by atoms with E-state index in [1.54, 1.807) is 6.92 Å². The van der Waals surface area contributed by atoms with Crippen LogP contribution in [0.1, 0.15) is 162 Å². The normalized spacial score (nSPS) is 17.6. The Labute approximate surface area is 249 Å². The van der Waals surface area contributed by atoms with E-state index in [4.69, 9.17) is 0 Å². The second-order valence-electron chi connectivity index (χ2n) is 12.6. The SMILES string of the molecule is CC(=O)CCCCCCCCCCCCCCCCC(=O)NCC1CCC(C(=O)C[C@@H](CCC(C)=O)C(=O)O)CC1. The molecule has 2 N–H and O–H groups in total. The summed E-state index contributed by atoms with van der Waals surface area (Å²) >= 11 is 0. The van der Waals surface area contributed by atoms with Crippen LogP contribution in [-0.4, -0.2) is 40.9 Å². The molecule has 0 aliphatic heterocycles. The summed E-state index contributed by atoms with van der Waals surface area (Å²) in [4.78, 5) is 58.5. The van der Waals surface area contributed by atoms with Crippen molar-refractivity contribution in [2.24, 2.45) is 17.8 Å². The van der Waals surface area contributed by atoms with Gasteiger partial charge in [-0.1, -0.05) is 77.0 Å². The van der Waals surface area contributed by atoms with Crippen LogP contribution < -0.4 is 5.32 Å². The molecule has 7 heteroatoms. The molecule has 1 aliphatic rings. The van der Waals surface area contributed by atoms with Gasteiger partial charge < -0.3 is 20.0 Å². The lowest BCUT2D eigenvalue weighted by atomic mass is 9.78.